The van der Waals surface area contributed by atoms with Gasteiger partial charge in [0.2, 0.25) is 0 Å². The molecule has 0 bridgehead atoms. The summed E-state index contributed by atoms with van der Waals surface area (Å²) in [5.74, 6) is -1.76. The first-order valence-corrected chi connectivity index (χ1v) is 2.63. The third-order valence-corrected chi connectivity index (χ3v) is 1.17. The van der Waals surface area contributed by atoms with Crippen LogP contribution in [0.2, 0.25) is 0 Å². The number of carboxylic acids is 1. The molecule has 1 unspecified atom stereocenters. The number of esters is 1. The molecule has 1 rings (SSSR count). The van der Waals surface area contributed by atoms with Crippen LogP contribution in [0.25, 0.3) is 0 Å². The molecule has 1 saturated heterocycles. The first-order valence-electron chi connectivity index (χ1n) is 2.63. The van der Waals surface area contributed by atoms with E-state index in [1.807, 2.05) is 0 Å². The largest absolute Gasteiger partial charge is 0.479 e. The Hall–Kier alpha value is -1.10. The molecule has 1 fully saturated rings. The van der Waals surface area contributed by atoms with Gasteiger partial charge >= 0.3 is 11.9 Å². The highest BCUT2D eigenvalue weighted by Gasteiger charge is 2.51. The Labute approximate surface area is 56.5 Å². The van der Waals surface area contributed by atoms with Crippen molar-refractivity contribution >= 4 is 11.9 Å². The summed E-state index contributed by atoms with van der Waals surface area (Å²) in [7, 11) is 1.18. The lowest BCUT2D eigenvalue weighted by Crippen LogP contribution is -2.16. The first-order chi connectivity index (χ1) is 4.66. The second-order valence-corrected chi connectivity index (χ2v) is 1.84. The molecule has 0 amide bonds. The Balaban J connectivity index is 2.38. The highest BCUT2D eigenvalue weighted by molar-refractivity contribution is 5.88. The van der Waals surface area contributed by atoms with E-state index in [1.54, 1.807) is 0 Å². The number of rotatable bonds is 2. The van der Waals surface area contributed by atoms with E-state index >= 15 is 0 Å². The predicted octanol–water partition coefficient (Wildman–Crippen LogP) is -0.989. The molecule has 0 spiro atoms. The molecular weight excluding hydrogens is 140 g/mol. The molecule has 5 nitrogen and oxygen atoms in total. The van der Waals surface area contributed by atoms with Crippen molar-refractivity contribution in [1.29, 1.82) is 0 Å². The molecule has 5 heteroatoms. The summed E-state index contributed by atoms with van der Waals surface area (Å²) < 4.78 is 8.68. The van der Waals surface area contributed by atoms with Gasteiger partial charge in [-0.15, -0.1) is 0 Å². The summed E-state index contributed by atoms with van der Waals surface area (Å²) in [5.41, 5.74) is 0. The summed E-state index contributed by atoms with van der Waals surface area (Å²) in [6, 6.07) is 0. The summed E-state index contributed by atoms with van der Waals surface area (Å²) in [6.45, 7) is 0. The minimum absolute atomic E-state index is 0.632. The average Bonchev–Trinajstić information content (AvgIpc) is 2.64. The molecule has 0 aromatic rings. The fourth-order valence-corrected chi connectivity index (χ4v) is 0.596. The second-order valence-electron chi connectivity index (χ2n) is 1.84. The van der Waals surface area contributed by atoms with E-state index in [9.17, 15) is 9.59 Å². The van der Waals surface area contributed by atoms with E-state index in [2.05, 4.69) is 9.47 Å². The van der Waals surface area contributed by atoms with Gasteiger partial charge in [-0.25, -0.2) is 9.59 Å². The zero-order valence-corrected chi connectivity index (χ0v) is 5.23. The van der Waals surface area contributed by atoms with Crippen LogP contribution in [0, 0.1) is 0 Å². The Morgan fingerprint density at radius 1 is 1.50 bits per heavy atom. The van der Waals surface area contributed by atoms with E-state index in [4.69, 9.17) is 5.11 Å². The number of epoxide rings is 1. The van der Waals surface area contributed by atoms with Gasteiger partial charge in [0, 0.05) is 0 Å². The molecule has 1 heterocycles. The van der Waals surface area contributed by atoms with Crippen molar-refractivity contribution in [3.05, 3.63) is 0 Å². The van der Waals surface area contributed by atoms with Crippen LogP contribution in [-0.2, 0) is 19.1 Å². The number of aliphatic carboxylic acids is 1. The normalized spacial score (nSPS) is 29.3. The Kier molecular flexibility index (Phi) is 1.58. The summed E-state index contributed by atoms with van der Waals surface area (Å²) in [6.07, 6.45) is -1.88. The van der Waals surface area contributed by atoms with Crippen molar-refractivity contribution in [3.8, 4) is 0 Å². The SMILES string of the molecule is COC(=O)[C@H]1OC1C(=O)O. The molecule has 2 atom stereocenters. The summed E-state index contributed by atoms with van der Waals surface area (Å²) >= 11 is 0. The average molecular weight is 146 g/mol. The molecule has 10 heavy (non-hydrogen) atoms. The lowest BCUT2D eigenvalue weighted by molar-refractivity contribution is -0.143. The van der Waals surface area contributed by atoms with E-state index in [1.165, 1.54) is 7.11 Å². The maximum atomic E-state index is 10.5. The van der Waals surface area contributed by atoms with E-state index in [-0.39, 0.29) is 0 Å². The first kappa shape index (κ1) is 7.01. The molecule has 0 radical (unpaired) electrons. The monoisotopic (exact) mass is 146 g/mol. The van der Waals surface area contributed by atoms with Crippen LogP contribution < -0.4 is 0 Å². The van der Waals surface area contributed by atoms with Crippen molar-refractivity contribution in [1.82, 2.24) is 0 Å². The Bertz CT molecular complexity index is 175. The maximum Gasteiger partial charge on any atom is 0.338 e. The standard InChI is InChI=1S/C5H6O5/c1-9-5(8)3-2(10-3)4(6)7/h2-3H,1H3,(H,6,7)/t2?,3-/m0/s1. The van der Waals surface area contributed by atoms with Gasteiger partial charge in [-0.05, 0) is 0 Å². The van der Waals surface area contributed by atoms with Gasteiger partial charge in [-0.3, -0.25) is 0 Å². The quantitative estimate of drug-likeness (QED) is 0.400. The van der Waals surface area contributed by atoms with Crippen LogP contribution in [0.4, 0.5) is 0 Å². The number of methoxy groups -OCH3 is 1. The lowest BCUT2D eigenvalue weighted by Gasteiger charge is -1.88. The minimum Gasteiger partial charge on any atom is -0.479 e. The minimum atomic E-state index is -1.13. The van der Waals surface area contributed by atoms with Crippen molar-refractivity contribution in [2.24, 2.45) is 0 Å². The van der Waals surface area contributed by atoms with Crippen molar-refractivity contribution in [2.45, 2.75) is 12.2 Å². The van der Waals surface area contributed by atoms with Crippen LogP contribution in [0.1, 0.15) is 0 Å². The summed E-state index contributed by atoms with van der Waals surface area (Å²) in [5, 5.41) is 8.24. The third-order valence-electron chi connectivity index (χ3n) is 1.17. The van der Waals surface area contributed by atoms with Crippen LogP contribution >= 0.6 is 0 Å². The molecule has 0 aromatic carbocycles. The Morgan fingerprint density at radius 2 is 2.10 bits per heavy atom. The highest BCUT2D eigenvalue weighted by Crippen LogP contribution is 2.22. The van der Waals surface area contributed by atoms with E-state index in [0.29, 0.717) is 0 Å². The molecule has 56 valence electrons. The highest BCUT2D eigenvalue weighted by atomic mass is 16.6. The molecule has 1 N–H and O–H groups in total. The third kappa shape index (κ3) is 1.08. The van der Waals surface area contributed by atoms with Crippen molar-refractivity contribution < 1.29 is 24.2 Å². The smallest absolute Gasteiger partial charge is 0.338 e. The molecular formula is C5H6O5. The van der Waals surface area contributed by atoms with Crippen molar-refractivity contribution in [3.63, 3.8) is 0 Å². The zero-order valence-electron chi connectivity index (χ0n) is 5.23. The number of carbonyl (C=O) groups excluding carboxylic acids is 1. The van der Waals surface area contributed by atoms with Crippen LogP contribution in [-0.4, -0.2) is 36.4 Å². The number of hydrogen-bond acceptors (Lipinski definition) is 4. The summed E-state index contributed by atoms with van der Waals surface area (Å²) in [4.78, 5) is 20.5. The van der Waals surface area contributed by atoms with Gasteiger partial charge in [0.05, 0.1) is 7.11 Å². The molecule has 1 aliphatic rings. The number of hydrogen-bond donors (Lipinski definition) is 1. The molecule has 0 saturated carbocycles. The fraction of sp³-hybridized carbons (Fsp3) is 0.600. The van der Waals surface area contributed by atoms with E-state index < -0.39 is 24.1 Å². The van der Waals surface area contributed by atoms with Gasteiger partial charge in [0.25, 0.3) is 0 Å². The topological polar surface area (TPSA) is 76.1 Å². The fourth-order valence-electron chi connectivity index (χ4n) is 0.596. The maximum absolute atomic E-state index is 10.5. The number of carbonyl (C=O) groups is 2. The molecule has 1 aliphatic heterocycles. The number of ether oxygens (including phenoxy) is 2. The van der Waals surface area contributed by atoms with Crippen LogP contribution in [0.15, 0.2) is 0 Å². The van der Waals surface area contributed by atoms with Gasteiger partial charge in [0.1, 0.15) is 0 Å². The van der Waals surface area contributed by atoms with Gasteiger partial charge < -0.3 is 14.6 Å². The number of carboxylic acid groups (broad SMARTS) is 1. The van der Waals surface area contributed by atoms with Gasteiger partial charge in [-0.2, -0.15) is 0 Å². The van der Waals surface area contributed by atoms with E-state index in [0.717, 1.165) is 0 Å². The lowest BCUT2D eigenvalue weighted by atomic mass is 10.3. The predicted molar refractivity (Wildman–Crippen MR) is 28.3 cm³/mol. The van der Waals surface area contributed by atoms with Gasteiger partial charge in [0.15, 0.2) is 12.2 Å². The Morgan fingerprint density at radius 3 is 2.40 bits per heavy atom. The van der Waals surface area contributed by atoms with Crippen LogP contribution in [0.5, 0.6) is 0 Å². The van der Waals surface area contributed by atoms with Crippen molar-refractivity contribution in [2.75, 3.05) is 7.11 Å². The zero-order chi connectivity index (χ0) is 7.72. The molecule has 0 aliphatic carbocycles. The molecule has 0 aromatic heterocycles. The van der Waals surface area contributed by atoms with Crippen LogP contribution in [0.3, 0.4) is 0 Å². The second kappa shape index (κ2) is 2.26. The van der Waals surface area contributed by atoms with Gasteiger partial charge in [-0.1, -0.05) is 0 Å².